The molecule has 134 valence electrons. The van der Waals surface area contributed by atoms with Crippen LogP contribution in [0.2, 0.25) is 0 Å². The molecule has 0 amide bonds. The third-order valence-electron chi connectivity index (χ3n) is 3.96. The Hall–Kier alpha value is -3.82. The fourth-order valence-corrected chi connectivity index (χ4v) is 2.92. The average Bonchev–Trinajstić information content (AvgIpc) is 2.51. The van der Waals surface area contributed by atoms with Gasteiger partial charge in [0, 0.05) is 0 Å². The van der Waals surface area contributed by atoms with Crippen LogP contribution in [-0.4, -0.2) is 19.9 Å². The fourth-order valence-electron chi connectivity index (χ4n) is 2.92. The second kappa shape index (κ2) is 6.24. The van der Waals surface area contributed by atoms with Gasteiger partial charge in [0.1, 0.15) is 11.6 Å². The number of aromatic amines is 2. The van der Waals surface area contributed by atoms with Crippen LogP contribution in [0.25, 0.3) is 0 Å². The van der Waals surface area contributed by atoms with E-state index in [-0.39, 0.29) is 34.7 Å². The van der Waals surface area contributed by atoms with Crippen molar-refractivity contribution < 1.29 is 0 Å². The first-order chi connectivity index (χ1) is 12.3. The molecule has 1 aromatic carbocycles. The molecular formula is C16H18N8O2. The van der Waals surface area contributed by atoms with Gasteiger partial charge >= 0.3 is 0 Å². The summed E-state index contributed by atoms with van der Waals surface area (Å²) in [4.78, 5) is 37.7. The molecule has 2 heterocycles. The lowest BCUT2D eigenvalue weighted by Gasteiger charge is -2.20. The molecule has 0 aliphatic heterocycles. The summed E-state index contributed by atoms with van der Waals surface area (Å²) in [5.74, 6) is -1.36. The molecule has 2 aromatic heterocycles. The van der Waals surface area contributed by atoms with Crippen LogP contribution in [-0.2, 0) is 0 Å². The van der Waals surface area contributed by atoms with Gasteiger partial charge < -0.3 is 22.9 Å². The quantitative estimate of drug-likeness (QED) is 0.367. The maximum atomic E-state index is 12.6. The molecule has 10 nitrogen and oxygen atoms in total. The topological polar surface area (TPSA) is 196 Å². The molecule has 0 saturated carbocycles. The summed E-state index contributed by atoms with van der Waals surface area (Å²) >= 11 is 0. The van der Waals surface area contributed by atoms with Gasteiger partial charge in [0.05, 0.1) is 17.0 Å². The van der Waals surface area contributed by atoms with Gasteiger partial charge in [-0.15, -0.1) is 0 Å². The van der Waals surface area contributed by atoms with E-state index in [0.29, 0.717) is 5.56 Å². The van der Waals surface area contributed by atoms with Crippen LogP contribution >= 0.6 is 0 Å². The molecule has 0 bridgehead atoms. The summed E-state index contributed by atoms with van der Waals surface area (Å²) in [5.41, 5.74) is 23.5. The molecule has 26 heavy (non-hydrogen) atoms. The number of nitrogen functional groups attached to an aromatic ring is 4. The Kier molecular flexibility index (Phi) is 4.08. The van der Waals surface area contributed by atoms with Crippen LogP contribution in [0.1, 0.15) is 28.2 Å². The maximum absolute atomic E-state index is 12.6. The number of anilines is 4. The summed E-state index contributed by atoms with van der Waals surface area (Å²) in [6.07, 6.45) is 0. The number of H-pyrrole nitrogens is 2. The number of nitrogens with two attached hydrogens (primary N) is 4. The zero-order valence-corrected chi connectivity index (χ0v) is 13.9. The second-order valence-electron chi connectivity index (χ2n) is 5.85. The summed E-state index contributed by atoms with van der Waals surface area (Å²) in [7, 11) is 0. The maximum Gasteiger partial charge on any atom is 0.258 e. The molecule has 0 aliphatic carbocycles. The molecule has 0 fully saturated rings. The van der Waals surface area contributed by atoms with Gasteiger partial charge in [0.2, 0.25) is 11.9 Å². The number of hydrogen-bond acceptors (Lipinski definition) is 8. The number of aromatic nitrogens is 4. The minimum atomic E-state index is -0.899. The molecular weight excluding hydrogens is 336 g/mol. The van der Waals surface area contributed by atoms with E-state index in [4.69, 9.17) is 22.9 Å². The van der Waals surface area contributed by atoms with E-state index in [1.54, 1.807) is 12.1 Å². The number of hydrogen-bond donors (Lipinski definition) is 6. The van der Waals surface area contributed by atoms with Crippen molar-refractivity contribution in [1.29, 1.82) is 0 Å². The van der Waals surface area contributed by atoms with Gasteiger partial charge in [-0.3, -0.25) is 19.6 Å². The van der Waals surface area contributed by atoms with Crippen LogP contribution in [0.4, 0.5) is 23.5 Å². The minimum Gasteiger partial charge on any atom is -0.383 e. The highest BCUT2D eigenvalue weighted by Crippen LogP contribution is 2.33. The minimum absolute atomic E-state index is 0.0496. The lowest BCUT2D eigenvalue weighted by molar-refractivity contribution is 0.896. The zero-order valence-electron chi connectivity index (χ0n) is 13.9. The van der Waals surface area contributed by atoms with Crippen LogP contribution in [0.3, 0.4) is 0 Å². The van der Waals surface area contributed by atoms with E-state index < -0.39 is 17.0 Å². The molecule has 0 aliphatic rings. The normalized spacial score (nSPS) is 11.0. The van der Waals surface area contributed by atoms with E-state index in [2.05, 4.69) is 19.9 Å². The van der Waals surface area contributed by atoms with Crippen molar-refractivity contribution >= 4 is 23.5 Å². The van der Waals surface area contributed by atoms with Crippen LogP contribution in [0.15, 0.2) is 33.9 Å². The van der Waals surface area contributed by atoms with E-state index in [0.717, 1.165) is 5.56 Å². The number of benzene rings is 1. The number of aryl methyl sites for hydroxylation is 1. The monoisotopic (exact) mass is 354 g/mol. The van der Waals surface area contributed by atoms with E-state index in [1.807, 2.05) is 19.1 Å². The molecule has 3 aromatic rings. The van der Waals surface area contributed by atoms with Crippen LogP contribution in [0, 0.1) is 6.92 Å². The highest BCUT2D eigenvalue weighted by Gasteiger charge is 2.29. The Labute approximate surface area is 147 Å². The van der Waals surface area contributed by atoms with Crippen molar-refractivity contribution in [3.63, 3.8) is 0 Å². The Morgan fingerprint density at radius 3 is 1.81 bits per heavy atom. The SMILES string of the molecule is Cc1cccc(C(c2c(N)nc(N)[nH]c2=O)c2c(N)nc(N)[nH]c2=O)c1. The summed E-state index contributed by atoms with van der Waals surface area (Å²) in [6.45, 7) is 1.88. The van der Waals surface area contributed by atoms with E-state index in [1.165, 1.54) is 0 Å². The van der Waals surface area contributed by atoms with Crippen molar-refractivity contribution in [2.24, 2.45) is 0 Å². The molecule has 0 spiro atoms. The van der Waals surface area contributed by atoms with Crippen molar-refractivity contribution in [2.45, 2.75) is 12.8 Å². The molecule has 0 atom stereocenters. The lowest BCUT2D eigenvalue weighted by Crippen LogP contribution is -2.29. The highest BCUT2D eigenvalue weighted by molar-refractivity contribution is 5.58. The molecule has 0 unspecified atom stereocenters. The van der Waals surface area contributed by atoms with Gasteiger partial charge in [-0.25, -0.2) is 0 Å². The molecule has 3 rings (SSSR count). The van der Waals surface area contributed by atoms with Gasteiger partial charge in [-0.1, -0.05) is 29.8 Å². The summed E-state index contributed by atoms with van der Waals surface area (Å²) < 4.78 is 0. The third kappa shape index (κ3) is 2.95. The number of rotatable bonds is 3. The third-order valence-corrected chi connectivity index (χ3v) is 3.96. The molecule has 0 radical (unpaired) electrons. The Morgan fingerprint density at radius 2 is 1.38 bits per heavy atom. The number of nitrogens with zero attached hydrogens (tertiary/aromatic N) is 2. The van der Waals surface area contributed by atoms with Crippen molar-refractivity contribution in [3.05, 3.63) is 67.2 Å². The predicted molar refractivity (Wildman–Crippen MR) is 99.5 cm³/mol. The molecule has 0 saturated heterocycles. The molecule has 10 N–H and O–H groups in total. The zero-order chi connectivity index (χ0) is 19.0. The van der Waals surface area contributed by atoms with Crippen LogP contribution < -0.4 is 34.1 Å². The second-order valence-corrected chi connectivity index (χ2v) is 5.85. The van der Waals surface area contributed by atoms with Crippen LogP contribution in [0.5, 0.6) is 0 Å². The highest BCUT2D eigenvalue weighted by atomic mass is 16.1. The van der Waals surface area contributed by atoms with E-state index >= 15 is 0 Å². The number of nitrogens with one attached hydrogen (secondary N) is 2. The first-order valence-electron chi connectivity index (χ1n) is 7.64. The summed E-state index contributed by atoms with van der Waals surface area (Å²) in [6, 6.07) is 7.24. The Bertz CT molecular complexity index is 1040. The average molecular weight is 354 g/mol. The standard InChI is InChI=1S/C16H18N8O2/c1-6-3-2-4-7(5-6)8(9-11(17)21-15(19)23-13(9)25)10-12(18)22-16(20)24-14(10)26/h2-5,8H,1H3,(H5,17,19,21,23,25)(H5,18,20,22,24,26). The smallest absolute Gasteiger partial charge is 0.258 e. The Balaban J connectivity index is 2.40. The Morgan fingerprint density at radius 1 is 0.885 bits per heavy atom. The largest absolute Gasteiger partial charge is 0.383 e. The van der Waals surface area contributed by atoms with Crippen molar-refractivity contribution in [2.75, 3.05) is 22.9 Å². The molecule has 10 heteroatoms. The summed E-state index contributed by atoms with van der Waals surface area (Å²) in [5, 5.41) is 0. The predicted octanol–water partition coefficient (Wildman–Crippen LogP) is -0.329. The van der Waals surface area contributed by atoms with Crippen molar-refractivity contribution in [3.8, 4) is 0 Å². The van der Waals surface area contributed by atoms with E-state index in [9.17, 15) is 9.59 Å². The van der Waals surface area contributed by atoms with Gasteiger partial charge in [-0.2, -0.15) is 9.97 Å². The van der Waals surface area contributed by atoms with Gasteiger partial charge in [0.25, 0.3) is 11.1 Å². The first kappa shape index (κ1) is 17.0. The lowest BCUT2D eigenvalue weighted by atomic mass is 9.86. The first-order valence-corrected chi connectivity index (χ1v) is 7.64. The van der Waals surface area contributed by atoms with Gasteiger partial charge in [0.15, 0.2) is 0 Å². The van der Waals surface area contributed by atoms with Crippen molar-refractivity contribution in [1.82, 2.24) is 19.9 Å². The fraction of sp³-hybridized carbons (Fsp3) is 0.125. The van der Waals surface area contributed by atoms with Gasteiger partial charge in [-0.05, 0) is 12.5 Å².